The largest absolute Gasteiger partial charge is 0.523 e. The van der Waals surface area contributed by atoms with Crippen LogP contribution in [0.5, 0.6) is 0 Å². The van der Waals surface area contributed by atoms with Crippen LogP contribution in [0.3, 0.4) is 0 Å². The van der Waals surface area contributed by atoms with E-state index in [2.05, 4.69) is 41.4 Å². The van der Waals surface area contributed by atoms with Crippen LogP contribution in [0, 0.1) is 0 Å². The molecule has 0 aromatic heterocycles. The Kier molecular flexibility index (Phi) is 34.4. The maximum Gasteiger partial charge on any atom is 0.523 e. The van der Waals surface area contributed by atoms with Crippen LogP contribution in [0.25, 0.3) is 0 Å². The Labute approximate surface area is 192 Å². The van der Waals surface area contributed by atoms with E-state index in [-0.39, 0.29) is 31.9 Å². The van der Waals surface area contributed by atoms with E-state index >= 15 is 0 Å². The van der Waals surface area contributed by atoms with Gasteiger partial charge in [0.25, 0.3) is 0 Å². The van der Waals surface area contributed by atoms with Crippen LogP contribution in [-0.4, -0.2) is 106 Å². The number of nitrogens with zero attached hydrogens (tertiary/aromatic N) is 1. The first kappa shape index (κ1) is 37.7. The molecule has 0 fully saturated rings. The number of alkyl halides is 7. The number of nitrogens with one attached hydrogen (secondary N) is 1. The van der Waals surface area contributed by atoms with Gasteiger partial charge in [-0.1, -0.05) is 45.7 Å². The molecule has 30 heavy (non-hydrogen) atoms. The summed E-state index contributed by atoms with van der Waals surface area (Å²) in [7, 11) is -5.39. The Bertz CT molecular complexity index is 413. The van der Waals surface area contributed by atoms with E-state index in [1.165, 1.54) is 0 Å². The maximum absolute atomic E-state index is 11.6. The van der Waals surface area contributed by atoms with Gasteiger partial charge in [0.15, 0.2) is 0 Å². The van der Waals surface area contributed by atoms with E-state index in [1.807, 2.05) is 18.7 Å². The minimum absolute atomic E-state index is 0.0301. The van der Waals surface area contributed by atoms with Crippen LogP contribution in [0.2, 0.25) is 0 Å². The van der Waals surface area contributed by atoms with Gasteiger partial charge in [-0.05, 0) is 13.1 Å². The van der Waals surface area contributed by atoms with Gasteiger partial charge in [0, 0.05) is 30.3 Å². The minimum atomic E-state index is -5.39. The molecule has 0 aromatic rings. The summed E-state index contributed by atoms with van der Waals surface area (Å²) in [6, 6.07) is 0. The molecule has 0 amide bonds. The van der Waals surface area contributed by atoms with Crippen molar-refractivity contribution < 1.29 is 44.8 Å². The van der Waals surface area contributed by atoms with Crippen molar-refractivity contribution in [1.29, 1.82) is 0 Å². The molecule has 0 aliphatic heterocycles. The summed E-state index contributed by atoms with van der Waals surface area (Å²) >= 11 is 5.59. The zero-order valence-corrected chi connectivity index (χ0v) is 21.1. The lowest BCUT2D eigenvalue weighted by molar-refractivity contribution is -0.0538. The number of rotatable bonds is 12. The predicted octanol–water partition coefficient (Wildman–Crippen LogP) is 2.46. The average Bonchev–Trinajstić information content (AvgIpc) is 2.70. The van der Waals surface area contributed by atoms with E-state index < -0.39 is 22.2 Å². The molecule has 0 heterocycles. The summed E-state index contributed by atoms with van der Waals surface area (Å²) in [5.74, 6) is 0. The van der Waals surface area contributed by atoms with Crippen LogP contribution >= 0.6 is 31.9 Å². The predicted molar refractivity (Wildman–Crippen MR) is 115 cm³/mol. The molecule has 0 spiro atoms. The van der Waals surface area contributed by atoms with Gasteiger partial charge < -0.3 is 15.5 Å². The third kappa shape index (κ3) is 30.6. The van der Waals surface area contributed by atoms with Crippen molar-refractivity contribution >= 4 is 42.0 Å². The number of aliphatic hydroxyl groups is 2. The standard InChI is InChI=1S/C6H14FNO.C4H11NO.C3H4BrF3O3S.C2H4BrF/c1-2-8(4-3-7)5-6-9;1-2-5-3-4-6;4-1-2-10-11(8,9)3(5,6)7;3-1-2-4/h9H,2-6H2,1H3;5-6H,2-4H2,1H3;1-2H2;1-2H2/i7-1;;;4-1. The van der Waals surface area contributed by atoms with Gasteiger partial charge >= 0.3 is 15.6 Å². The van der Waals surface area contributed by atoms with Crippen molar-refractivity contribution in [3.63, 3.8) is 0 Å². The third-order valence-electron chi connectivity index (χ3n) is 2.47. The van der Waals surface area contributed by atoms with Crippen molar-refractivity contribution in [2.75, 3.05) is 76.6 Å². The van der Waals surface area contributed by atoms with E-state index in [1.54, 1.807) is 0 Å². The summed E-state index contributed by atoms with van der Waals surface area (Å²) in [6.07, 6.45) is 0. The van der Waals surface area contributed by atoms with E-state index in [0.29, 0.717) is 18.4 Å². The van der Waals surface area contributed by atoms with E-state index in [4.69, 9.17) is 10.2 Å². The van der Waals surface area contributed by atoms with Gasteiger partial charge in [-0.3, -0.25) is 13.5 Å². The highest BCUT2D eigenvalue weighted by molar-refractivity contribution is 9.09. The fourth-order valence-electron chi connectivity index (χ4n) is 1.15. The molecule has 3 N–H and O–H groups in total. The average molecular weight is 606 g/mol. The Morgan fingerprint density at radius 3 is 1.77 bits per heavy atom. The van der Waals surface area contributed by atoms with Crippen molar-refractivity contribution in [2.24, 2.45) is 0 Å². The molecule has 0 aliphatic rings. The summed E-state index contributed by atoms with van der Waals surface area (Å²) in [6.45, 7) is 6.71. The van der Waals surface area contributed by atoms with Gasteiger partial charge in [-0.15, -0.1) is 0 Å². The quantitative estimate of drug-likeness (QED) is 0.103. The molecule has 7 nitrogen and oxygen atoms in total. The van der Waals surface area contributed by atoms with Gasteiger partial charge in [-0.2, -0.15) is 21.6 Å². The number of likely N-dealkylation sites (N-methyl/N-ethyl adjacent to an activating group) is 2. The van der Waals surface area contributed by atoms with Crippen LogP contribution in [0.15, 0.2) is 0 Å². The highest BCUT2D eigenvalue weighted by atomic mass is 79.9. The van der Waals surface area contributed by atoms with Crippen LogP contribution < -0.4 is 5.32 Å². The van der Waals surface area contributed by atoms with Crippen LogP contribution in [0.4, 0.5) is 22.0 Å². The summed E-state index contributed by atoms with van der Waals surface area (Å²) in [5.41, 5.74) is -5.32. The molecule has 0 radical (unpaired) electrons. The molecule has 0 saturated carbocycles. The van der Waals surface area contributed by atoms with Crippen LogP contribution in [-0.2, 0) is 14.3 Å². The monoisotopic (exact) mass is 604 g/mol. The molecule has 0 aliphatic carbocycles. The van der Waals surface area contributed by atoms with Gasteiger partial charge in [-0.25, -0.2) is 4.39 Å². The lowest BCUT2D eigenvalue weighted by Crippen LogP contribution is -2.28. The molecule has 0 saturated heterocycles. The molecule has 0 bridgehead atoms. The molecule has 15 heteroatoms. The second kappa shape index (κ2) is 27.4. The Hall–Kier alpha value is 0.360. The minimum Gasteiger partial charge on any atom is -0.395 e. The van der Waals surface area contributed by atoms with Crippen molar-refractivity contribution in [2.45, 2.75) is 19.4 Å². The van der Waals surface area contributed by atoms with E-state index in [0.717, 1.165) is 19.6 Å². The molecular formula is C15H33Br2F5N2O5S. The Balaban J connectivity index is -0.000000160. The number of aliphatic hydroxyl groups excluding tert-OH is 2. The zero-order valence-electron chi connectivity index (χ0n) is 17.1. The lowest BCUT2D eigenvalue weighted by atomic mass is 10.5. The highest BCUT2D eigenvalue weighted by Crippen LogP contribution is 2.24. The van der Waals surface area contributed by atoms with E-state index in [9.17, 15) is 30.4 Å². The Morgan fingerprint density at radius 2 is 1.53 bits per heavy atom. The number of hydrogen-bond acceptors (Lipinski definition) is 7. The second-order valence-corrected chi connectivity index (χ2v) is 7.91. The molecular weight excluding hydrogens is 573 g/mol. The molecule has 188 valence electrons. The fraction of sp³-hybridized carbons (Fsp3) is 1.00. The highest BCUT2D eigenvalue weighted by Gasteiger charge is 2.47. The number of hydrogen-bond donors (Lipinski definition) is 3. The van der Waals surface area contributed by atoms with Gasteiger partial charge in [0.05, 0.1) is 26.5 Å². The molecule has 0 atom stereocenters. The topological polar surface area (TPSA) is 99.1 Å². The summed E-state index contributed by atoms with van der Waals surface area (Å²) in [4.78, 5) is 1.86. The fourth-order valence-corrected chi connectivity index (χ4v) is 1.97. The second-order valence-electron chi connectivity index (χ2n) is 4.71. The summed E-state index contributed by atoms with van der Waals surface area (Å²) in [5, 5.41) is 20.0. The lowest BCUT2D eigenvalue weighted by Gasteiger charge is -2.15. The smallest absolute Gasteiger partial charge is 0.395 e. The first-order valence-electron chi connectivity index (χ1n) is 8.83. The first-order chi connectivity index (χ1) is 14.0. The van der Waals surface area contributed by atoms with Gasteiger partial charge in [0.1, 0.15) is 6.67 Å². The SMILES string of the molecule is CCN(CCO)CC[18F].CCNCCO.O=S(=O)(OCCBr)C(F)(F)F.[18F]CCBr. The maximum atomic E-state index is 11.6. The van der Waals surface area contributed by atoms with Crippen molar-refractivity contribution in [1.82, 2.24) is 10.2 Å². The Morgan fingerprint density at radius 1 is 1.00 bits per heavy atom. The van der Waals surface area contributed by atoms with Crippen molar-refractivity contribution in [3.8, 4) is 0 Å². The van der Waals surface area contributed by atoms with Gasteiger partial charge in [0.2, 0.25) is 0 Å². The van der Waals surface area contributed by atoms with Crippen molar-refractivity contribution in [3.05, 3.63) is 0 Å². The molecule has 0 unspecified atom stereocenters. The summed E-state index contributed by atoms with van der Waals surface area (Å²) < 4.78 is 80.2. The zero-order chi connectivity index (χ0) is 24.5. The van der Waals surface area contributed by atoms with Crippen LogP contribution in [0.1, 0.15) is 13.8 Å². The third-order valence-corrected chi connectivity index (χ3v) is 4.14. The number of halogens is 7. The molecule has 0 aromatic carbocycles. The molecule has 0 rings (SSSR count). The first-order valence-corrected chi connectivity index (χ1v) is 12.5. The normalized spacial score (nSPS) is 10.9.